The molecule has 0 radical (unpaired) electrons. The number of nitrogens with zero attached hydrogens (tertiary/aromatic N) is 1. The molecule has 0 fully saturated rings. The van der Waals surface area contributed by atoms with E-state index in [9.17, 15) is 18.0 Å². The number of hydrogen-bond donors (Lipinski definition) is 0. The fourth-order valence-electron chi connectivity index (χ4n) is 3.31. The smallest absolute Gasteiger partial charge is 0.284 e. The van der Waals surface area contributed by atoms with Crippen LogP contribution in [0.2, 0.25) is 5.02 Å². The molecule has 0 saturated heterocycles. The third-order valence-corrected chi connectivity index (χ3v) is 4.78. The first kappa shape index (κ1) is 21.8. The summed E-state index contributed by atoms with van der Waals surface area (Å²) in [6.07, 6.45) is -5.05. The summed E-state index contributed by atoms with van der Waals surface area (Å²) < 4.78 is 40.8. The predicted molar refractivity (Wildman–Crippen MR) is 115 cm³/mol. The molecule has 1 aromatic heterocycles. The SMILES string of the molecule is Cl.O=C(c1c(-c2ccccc2)nc2ccc(Cl)cc2c1-c1ccccc1)C(F)(F)F. The number of benzene rings is 3. The van der Waals surface area contributed by atoms with Gasteiger partial charge in [0.15, 0.2) is 0 Å². The highest BCUT2D eigenvalue weighted by Crippen LogP contribution is 2.40. The number of carbonyl (C=O) groups excluding carboxylic acids is 1. The van der Waals surface area contributed by atoms with Gasteiger partial charge in [0.1, 0.15) is 0 Å². The van der Waals surface area contributed by atoms with Crippen molar-refractivity contribution in [3.8, 4) is 22.4 Å². The third-order valence-electron chi connectivity index (χ3n) is 4.54. The van der Waals surface area contributed by atoms with E-state index in [1.54, 1.807) is 72.8 Å². The number of alkyl halides is 3. The summed E-state index contributed by atoms with van der Waals surface area (Å²) >= 11 is 6.12. The van der Waals surface area contributed by atoms with Gasteiger partial charge in [-0.3, -0.25) is 4.79 Å². The highest BCUT2D eigenvalue weighted by Gasteiger charge is 2.42. The Labute approximate surface area is 181 Å². The van der Waals surface area contributed by atoms with E-state index in [4.69, 9.17) is 11.6 Å². The van der Waals surface area contributed by atoms with Crippen molar-refractivity contribution < 1.29 is 18.0 Å². The van der Waals surface area contributed by atoms with Gasteiger partial charge in [-0.05, 0) is 23.8 Å². The Morgan fingerprint density at radius 3 is 1.97 bits per heavy atom. The lowest BCUT2D eigenvalue weighted by Crippen LogP contribution is -2.24. The fourth-order valence-corrected chi connectivity index (χ4v) is 3.48. The molecule has 0 atom stereocenters. The van der Waals surface area contributed by atoms with Crippen LogP contribution >= 0.6 is 24.0 Å². The van der Waals surface area contributed by atoms with Crippen LogP contribution in [0.5, 0.6) is 0 Å². The topological polar surface area (TPSA) is 30.0 Å². The molecule has 30 heavy (non-hydrogen) atoms. The van der Waals surface area contributed by atoms with Gasteiger partial charge < -0.3 is 0 Å². The minimum Gasteiger partial charge on any atom is -0.284 e. The second kappa shape index (κ2) is 8.46. The van der Waals surface area contributed by atoms with E-state index in [0.717, 1.165) is 0 Å². The molecule has 0 aliphatic rings. The summed E-state index contributed by atoms with van der Waals surface area (Å²) in [6, 6.07) is 21.7. The van der Waals surface area contributed by atoms with E-state index in [1.807, 2.05) is 0 Å². The molecule has 0 unspecified atom stereocenters. The number of fused-ring (bicyclic) bond motifs is 1. The first-order valence-corrected chi connectivity index (χ1v) is 9.09. The Kier molecular flexibility index (Phi) is 6.15. The molecule has 0 spiro atoms. The zero-order valence-corrected chi connectivity index (χ0v) is 16.9. The standard InChI is InChI=1S/C23H13ClF3NO.ClH/c24-16-11-12-18-17(13-16)19(14-7-3-1-4-8-14)20(22(29)23(25,26)27)21(28-18)15-9-5-2-6-10-15;/h1-13H;1H. The summed E-state index contributed by atoms with van der Waals surface area (Å²) in [6.45, 7) is 0. The Morgan fingerprint density at radius 1 is 0.833 bits per heavy atom. The molecular weight excluding hydrogens is 434 g/mol. The maximum atomic E-state index is 13.6. The lowest BCUT2D eigenvalue weighted by atomic mass is 9.89. The monoisotopic (exact) mass is 447 g/mol. The second-order valence-electron chi connectivity index (χ2n) is 6.43. The van der Waals surface area contributed by atoms with Gasteiger partial charge in [-0.15, -0.1) is 12.4 Å². The van der Waals surface area contributed by atoms with Crippen LogP contribution in [0.25, 0.3) is 33.3 Å². The van der Waals surface area contributed by atoms with Gasteiger partial charge in [0.2, 0.25) is 0 Å². The van der Waals surface area contributed by atoms with E-state index in [0.29, 0.717) is 27.1 Å². The van der Waals surface area contributed by atoms with Crippen LogP contribution < -0.4 is 0 Å². The van der Waals surface area contributed by atoms with Gasteiger partial charge in [0.25, 0.3) is 5.78 Å². The molecule has 2 nitrogen and oxygen atoms in total. The van der Waals surface area contributed by atoms with Crippen LogP contribution in [0.15, 0.2) is 78.9 Å². The largest absolute Gasteiger partial charge is 0.454 e. The number of hydrogen-bond acceptors (Lipinski definition) is 2. The molecule has 4 aromatic rings. The zero-order chi connectivity index (χ0) is 20.6. The number of carbonyl (C=O) groups is 1. The summed E-state index contributed by atoms with van der Waals surface area (Å²) in [4.78, 5) is 17.0. The van der Waals surface area contributed by atoms with E-state index in [1.165, 1.54) is 6.07 Å². The lowest BCUT2D eigenvalue weighted by molar-refractivity contribution is -0.0884. The van der Waals surface area contributed by atoms with Crippen LogP contribution in [-0.2, 0) is 0 Å². The molecule has 1 heterocycles. The Morgan fingerprint density at radius 2 is 1.40 bits per heavy atom. The van der Waals surface area contributed by atoms with Crippen molar-refractivity contribution in [3.63, 3.8) is 0 Å². The Balaban J connectivity index is 0.00000256. The molecular formula is C23H14Cl2F3NO. The van der Waals surface area contributed by atoms with Crippen LogP contribution in [0.1, 0.15) is 10.4 Å². The van der Waals surface area contributed by atoms with Gasteiger partial charge in [-0.2, -0.15) is 13.2 Å². The van der Waals surface area contributed by atoms with Gasteiger partial charge in [-0.1, -0.05) is 72.3 Å². The first-order chi connectivity index (χ1) is 13.9. The lowest BCUT2D eigenvalue weighted by Gasteiger charge is -2.18. The minimum atomic E-state index is -5.05. The van der Waals surface area contributed by atoms with E-state index in [-0.39, 0.29) is 23.7 Å². The van der Waals surface area contributed by atoms with Gasteiger partial charge in [-0.25, -0.2) is 4.98 Å². The zero-order valence-electron chi connectivity index (χ0n) is 15.3. The molecule has 0 N–H and O–H groups in total. The van der Waals surface area contributed by atoms with E-state index < -0.39 is 17.5 Å². The van der Waals surface area contributed by atoms with E-state index >= 15 is 0 Å². The minimum absolute atomic E-state index is 0. The van der Waals surface area contributed by atoms with Crippen molar-refractivity contribution in [1.82, 2.24) is 4.98 Å². The average Bonchev–Trinajstić information content (AvgIpc) is 2.72. The van der Waals surface area contributed by atoms with Crippen molar-refractivity contribution in [2.24, 2.45) is 0 Å². The molecule has 3 aromatic carbocycles. The number of aromatic nitrogens is 1. The van der Waals surface area contributed by atoms with Crippen molar-refractivity contribution in [2.75, 3.05) is 0 Å². The van der Waals surface area contributed by atoms with Gasteiger partial charge in [0.05, 0.1) is 16.8 Å². The third kappa shape index (κ3) is 4.04. The summed E-state index contributed by atoms with van der Waals surface area (Å²) in [5.74, 6) is -1.94. The maximum absolute atomic E-state index is 13.6. The van der Waals surface area contributed by atoms with Crippen LogP contribution in [0, 0.1) is 0 Å². The molecule has 0 aliphatic heterocycles. The van der Waals surface area contributed by atoms with Gasteiger partial charge >= 0.3 is 6.18 Å². The number of pyridine rings is 1. The number of rotatable bonds is 3. The van der Waals surface area contributed by atoms with Crippen molar-refractivity contribution >= 4 is 40.7 Å². The van der Waals surface area contributed by atoms with Crippen molar-refractivity contribution in [3.05, 3.63) is 89.4 Å². The molecule has 0 bridgehead atoms. The molecule has 4 rings (SSSR count). The molecule has 152 valence electrons. The summed E-state index contributed by atoms with van der Waals surface area (Å²) in [5.41, 5.74) is 1.03. The molecule has 0 amide bonds. The number of halogens is 5. The van der Waals surface area contributed by atoms with Gasteiger partial charge in [0, 0.05) is 21.5 Å². The summed E-state index contributed by atoms with van der Waals surface area (Å²) in [7, 11) is 0. The van der Waals surface area contributed by atoms with Crippen LogP contribution in [0.4, 0.5) is 13.2 Å². The van der Waals surface area contributed by atoms with Crippen molar-refractivity contribution in [2.45, 2.75) is 6.18 Å². The Bertz CT molecular complexity index is 1210. The van der Waals surface area contributed by atoms with Crippen LogP contribution in [-0.4, -0.2) is 16.9 Å². The summed E-state index contributed by atoms with van der Waals surface area (Å²) in [5, 5.41) is 0.727. The predicted octanol–water partition coefficient (Wildman–Crippen LogP) is 7.39. The van der Waals surface area contributed by atoms with E-state index in [2.05, 4.69) is 4.98 Å². The second-order valence-corrected chi connectivity index (χ2v) is 6.87. The normalized spacial score (nSPS) is 11.2. The first-order valence-electron chi connectivity index (χ1n) is 8.72. The van der Waals surface area contributed by atoms with Crippen molar-refractivity contribution in [1.29, 1.82) is 0 Å². The highest BCUT2D eigenvalue weighted by atomic mass is 35.5. The number of ketones is 1. The fraction of sp³-hybridized carbons (Fsp3) is 0.0435. The Hall–Kier alpha value is -2.89. The molecule has 7 heteroatoms. The quantitative estimate of drug-likeness (QED) is 0.306. The highest BCUT2D eigenvalue weighted by molar-refractivity contribution is 6.31. The molecule has 0 aliphatic carbocycles. The van der Waals surface area contributed by atoms with Crippen LogP contribution in [0.3, 0.4) is 0 Å². The number of Topliss-reactive ketones (excluding diaryl/α,β-unsaturated/α-hetero) is 1. The average molecular weight is 448 g/mol. The molecule has 0 saturated carbocycles. The maximum Gasteiger partial charge on any atom is 0.454 e.